The molecule has 0 saturated carbocycles. The van der Waals surface area contributed by atoms with Crippen LogP contribution in [0.5, 0.6) is 0 Å². The molecule has 5 nitrogen and oxygen atoms in total. The summed E-state index contributed by atoms with van der Waals surface area (Å²) in [5.41, 5.74) is 0.563. The van der Waals surface area contributed by atoms with Gasteiger partial charge in [-0.3, -0.25) is 9.89 Å². The van der Waals surface area contributed by atoms with Gasteiger partial charge in [0.15, 0.2) is 0 Å². The molecule has 2 aromatic rings. The van der Waals surface area contributed by atoms with Gasteiger partial charge in [0, 0.05) is 17.1 Å². The third-order valence-electron chi connectivity index (χ3n) is 2.37. The second-order valence-electron chi connectivity index (χ2n) is 3.72. The third-order valence-corrected chi connectivity index (χ3v) is 3.58. The van der Waals surface area contributed by atoms with Crippen LogP contribution in [0.1, 0.15) is 16.2 Å². The summed E-state index contributed by atoms with van der Waals surface area (Å²) in [5, 5.41) is 7.02. The summed E-state index contributed by atoms with van der Waals surface area (Å²) >= 11 is 9.18. The van der Waals surface area contributed by atoms with Gasteiger partial charge in [0.25, 0.3) is 5.91 Å². The number of rotatable bonds is 3. The number of carbonyl (C=O) groups excluding carboxylic acids is 1. The molecule has 0 aliphatic heterocycles. The number of nitrogens with zero attached hydrogens (tertiary/aromatic N) is 3. The normalized spacial score (nSPS) is 10.4. The summed E-state index contributed by atoms with van der Waals surface area (Å²) in [7, 11) is 1.70. The van der Waals surface area contributed by atoms with E-state index in [0.29, 0.717) is 27.4 Å². The molecule has 0 saturated heterocycles. The van der Waals surface area contributed by atoms with Gasteiger partial charge in [-0.1, -0.05) is 11.6 Å². The fraction of sp³-hybridized carbons (Fsp3) is 0.182. The lowest BCUT2D eigenvalue weighted by Crippen LogP contribution is -2.26. The van der Waals surface area contributed by atoms with E-state index in [4.69, 9.17) is 11.6 Å². The summed E-state index contributed by atoms with van der Waals surface area (Å²) in [6, 6.07) is 5.06. The van der Waals surface area contributed by atoms with Crippen LogP contribution in [-0.4, -0.2) is 33.0 Å². The first-order chi connectivity index (χ1) is 8.58. The number of hydrogen-bond donors (Lipinski definition) is 1. The molecular weight excluding hydrogens is 320 g/mol. The molecular formula is C11H10BrClN4O. The number of aromatic nitrogens is 3. The maximum Gasteiger partial charge on any atom is 0.254 e. The fourth-order valence-electron chi connectivity index (χ4n) is 1.45. The standard InChI is InChI=1S/C11H10BrClN4O/c1-17(5-10-14-6-15-16-10)11(18)7-2-3-9(13)8(12)4-7/h2-4,6H,5H2,1H3,(H,14,15,16). The van der Waals surface area contributed by atoms with E-state index in [1.807, 2.05) is 0 Å². The Hall–Kier alpha value is -1.40. The molecule has 1 heterocycles. The van der Waals surface area contributed by atoms with E-state index in [9.17, 15) is 4.79 Å². The Bertz CT molecular complexity index is 558. The highest BCUT2D eigenvalue weighted by atomic mass is 79.9. The second-order valence-corrected chi connectivity index (χ2v) is 4.98. The van der Waals surface area contributed by atoms with Crippen molar-refractivity contribution in [3.05, 3.63) is 45.4 Å². The van der Waals surface area contributed by atoms with E-state index in [2.05, 4.69) is 31.1 Å². The van der Waals surface area contributed by atoms with Crippen LogP contribution in [-0.2, 0) is 6.54 Å². The van der Waals surface area contributed by atoms with Gasteiger partial charge in [-0.25, -0.2) is 4.98 Å². The molecule has 18 heavy (non-hydrogen) atoms. The minimum atomic E-state index is -0.108. The number of aromatic amines is 1. The average molecular weight is 330 g/mol. The largest absolute Gasteiger partial charge is 0.334 e. The van der Waals surface area contributed by atoms with Crippen LogP contribution in [0.4, 0.5) is 0 Å². The molecule has 0 aliphatic rings. The number of amides is 1. The average Bonchev–Trinajstić information content (AvgIpc) is 2.84. The Morgan fingerprint density at radius 1 is 1.56 bits per heavy atom. The summed E-state index contributed by atoms with van der Waals surface area (Å²) in [5.74, 6) is 0.530. The molecule has 1 N–H and O–H groups in total. The van der Waals surface area contributed by atoms with Crippen molar-refractivity contribution in [2.75, 3.05) is 7.05 Å². The van der Waals surface area contributed by atoms with Crippen molar-refractivity contribution in [3.63, 3.8) is 0 Å². The number of H-pyrrole nitrogens is 1. The first-order valence-electron chi connectivity index (χ1n) is 5.12. The number of halogens is 2. The van der Waals surface area contributed by atoms with Crippen molar-refractivity contribution in [1.29, 1.82) is 0 Å². The van der Waals surface area contributed by atoms with Crippen LogP contribution in [0.25, 0.3) is 0 Å². The van der Waals surface area contributed by atoms with Crippen LogP contribution in [0.15, 0.2) is 29.0 Å². The van der Waals surface area contributed by atoms with E-state index in [1.54, 1.807) is 30.1 Å². The SMILES string of the molecule is CN(Cc1ncn[nH]1)C(=O)c1ccc(Cl)c(Br)c1. The van der Waals surface area contributed by atoms with Gasteiger partial charge in [-0.2, -0.15) is 5.10 Å². The van der Waals surface area contributed by atoms with Crippen LogP contribution in [0.3, 0.4) is 0 Å². The van der Waals surface area contributed by atoms with Gasteiger partial charge in [0.05, 0.1) is 11.6 Å². The number of benzene rings is 1. The first-order valence-corrected chi connectivity index (χ1v) is 6.30. The molecule has 0 radical (unpaired) electrons. The molecule has 94 valence electrons. The van der Waals surface area contributed by atoms with Crippen LogP contribution >= 0.6 is 27.5 Å². The Kier molecular flexibility index (Phi) is 3.98. The first kappa shape index (κ1) is 13.0. The summed E-state index contributed by atoms with van der Waals surface area (Å²) in [6.07, 6.45) is 1.41. The molecule has 1 aromatic carbocycles. The minimum absolute atomic E-state index is 0.108. The monoisotopic (exact) mass is 328 g/mol. The van der Waals surface area contributed by atoms with Crippen LogP contribution in [0.2, 0.25) is 5.02 Å². The van der Waals surface area contributed by atoms with Crippen molar-refractivity contribution in [2.24, 2.45) is 0 Å². The van der Waals surface area contributed by atoms with E-state index >= 15 is 0 Å². The van der Waals surface area contributed by atoms with Gasteiger partial charge in [0.1, 0.15) is 12.2 Å². The minimum Gasteiger partial charge on any atom is -0.334 e. The fourth-order valence-corrected chi connectivity index (χ4v) is 1.95. The molecule has 0 fully saturated rings. The van der Waals surface area contributed by atoms with Gasteiger partial charge in [0.2, 0.25) is 0 Å². The lowest BCUT2D eigenvalue weighted by atomic mass is 10.2. The Morgan fingerprint density at radius 3 is 2.94 bits per heavy atom. The van der Waals surface area contributed by atoms with Gasteiger partial charge < -0.3 is 4.90 Å². The van der Waals surface area contributed by atoms with E-state index < -0.39 is 0 Å². The highest BCUT2D eigenvalue weighted by molar-refractivity contribution is 9.10. The molecule has 1 amide bonds. The summed E-state index contributed by atoms with van der Waals surface area (Å²) in [6.45, 7) is 0.374. The van der Waals surface area contributed by atoms with Gasteiger partial charge >= 0.3 is 0 Å². The van der Waals surface area contributed by atoms with Crippen molar-refractivity contribution < 1.29 is 4.79 Å². The lowest BCUT2D eigenvalue weighted by molar-refractivity contribution is 0.0781. The zero-order valence-corrected chi connectivity index (χ0v) is 11.9. The molecule has 0 atom stereocenters. The van der Waals surface area contributed by atoms with E-state index in [-0.39, 0.29) is 5.91 Å². The number of nitrogens with one attached hydrogen (secondary N) is 1. The topological polar surface area (TPSA) is 61.9 Å². The Labute approximate surface area is 117 Å². The zero-order chi connectivity index (χ0) is 13.1. The van der Waals surface area contributed by atoms with Crippen molar-refractivity contribution in [3.8, 4) is 0 Å². The molecule has 0 unspecified atom stereocenters. The second kappa shape index (κ2) is 5.49. The molecule has 0 aliphatic carbocycles. The summed E-state index contributed by atoms with van der Waals surface area (Å²) in [4.78, 5) is 17.7. The van der Waals surface area contributed by atoms with Crippen molar-refractivity contribution in [1.82, 2.24) is 20.1 Å². The molecule has 0 bridgehead atoms. The Morgan fingerprint density at radius 2 is 2.33 bits per heavy atom. The maximum absolute atomic E-state index is 12.1. The highest BCUT2D eigenvalue weighted by Crippen LogP contribution is 2.23. The highest BCUT2D eigenvalue weighted by Gasteiger charge is 2.14. The maximum atomic E-state index is 12.1. The van der Waals surface area contributed by atoms with Gasteiger partial charge in [-0.15, -0.1) is 0 Å². The number of hydrogen-bond acceptors (Lipinski definition) is 3. The smallest absolute Gasteiger partial charge is 0.254 e. The Balaban J connectivity index is 2.12. The van der Waals surface area contributed by atoms with Crippen LogP contribution < -0.4 is 0 Å². The van der Waals surface area contributed by atoms with E-state index in [1.165, 1.54) is 6.33 Å². The van der Waals surface area contributed by atoms with Crippen LogP contribution in [0, 0.1) is 0 Å². The number of carbonyl (C=O) groups is 1. The molecule has 7 heteroatoms. The third kappa shape index (κ3) is 2.88. The van der Waals surface area contributed by atoms with Crippen molar-refractivity contribution in [2.45, 2.75) is 6.54 Å². The molecule has 0 spiro atoms. The zero-order valence-electron chi connectivity index (χ0n) is 9.52. The summed E-state index contributed by atoms with van der Waals surface area (Å²) < 4.78 is 0.697. The molecule has 1 aromatic heterocycles. The van der Waals surface area contributed by atoms with E-state index in [0.717, 1.165) is 0 Å². The van der Waals surface area contributed by atoms with Crippen molar-refractivity contribution >= 4 is 33.4 Å². The van der Waals surface area contributed by atoms with Gasteiger partial charge in [-0.05, 0) is 34.1 Å². The lowest BCUT2D eigenvalue weighted by Gasteiger charge is -2.15. The quantitative estimate of drug-likeness (QED) is 0.941. The molecule has 2 rings (SSSR count). The predicted octanol–water partition coefficient (Wildman–Crippen LogP) is 2.49. The predicted molar refractivity (Wildman–Crippen MR) is 71.3 cm³/mol.